The zero-order chi connectivity index (χ0) is 12.5. The van der Waals surface area contributed by atoms with Crippen LogP contribution in [0.25, 0.3) is 0 Å². The summed E-state index contributed by atoms with van der Waals surface area (Å²) in [6, 6.07) is 4.65. The molecule has 94 valence electrons. The first-order valence-corrected chi connectivity index (χ1v) is 7.95. The molecular weight excluding hydrogens is 309 g/mol. The second-order valence-corrected chi connectivity index (χ2v) is 7.40. The third-order valence-corrected chi connectivity index (χ3v) is 4.98. The van der Waals surface area contributed by atoms with Gasteiger partial charge in [-0.25, -0.2) is 12.8 Å². The topological polar surface area (TPSA) is 46.2 Å². The van der Waals surface area contributed by atoms with Crippen LogP contribution in [-0.4, -0.2) is 26.0 Å². The van der Waals surface area contributed by atoms with E-state index in [9.17, 15) is 12.8 Å². The molecule has 0 saturated carbocycles. The van der Waals surface area contributed by atoms with Gasteiger partial charge in [-0.1, -0.05) is 15.9 Å². The Labute approximate surface area is 108 Å². The van der Waals surface area contributed by atoms with Crippen LogP contribution in [0.1, 0.15) is 12.0 Å². The largest absolute Gasteiger partial charge is 0.309 e. The third kappa shape index (κ3) is 3.76. The lowest BCUT2D eigenvalue weighted by atomic mass is 10.2. The summed E-state index contributed by atoms with van der Waals surface area (Å²) in [5.74, 6) is 0.135. The summed E-state index contributed by atoms with van der Waals surface area (Å²) in [6.45, 7) is 0.483. The van der Waals surface area contributed by atoms with E-state index in [4.69, 9.17) is 0 Å². The maximum atomic E-state index is 13.1. The van der Waals surface area contributed by atoms with Crippen molar-refractivity contribution in [2.24, 2.45) is 0 Å². The predicted octanol–water partition coefficient (Wildman–Crippen LogP) is 1.86. The van der Waals surface area contributed by atoms with Gasteiger partial charge in [0.05, 0.1) is 11.5 Å². The number of hydrogen-bond acceptors (Lipinski definition) is 3. The summed E-state index contributed by atoms with van der Waals surface area (Å²) < 4.78 is 36.3. The van der Waals surface area contributed by atoms with E-state index in [0.717, 1.165) is 5.56 Å². The molecule has 0 spiro atoms. The van der Waals surface area contributed by atoms with Crippen LogP contribution in [0, 0.1) is 5.82 Å². The third-order valence-electron chi connectivity index (χ3n) is 2.75. The molecule has 1 atom stereocenters. The highest BCUT2D eigenvalue weighted by atomic mass is 79.9. The lowest BCUT2D eigenvalue weighted by molar-refractivity contribution is 0.550. The first kappa shape index (κ1) is 13.0. The molecule has 3 nitrogen and oxygen atoms in total. The lowest BCUT2D eigenvalue weighted by Gasteiger charge is -2.10. The van der Waals surface area contributed by atoms with Crippen LogP contribution in [-0.2, 0) is 16.4 Å². The van der Waals surface area contributed by atoms with E-state index in [0.29, 0.717) is 17.4 Å². The van der Waals surface area contributed by atoms with Crippen LogP contribution in [0.4, 0.5) is 4.39 Å². The van der Waals surface area contributed by atoms with Crippen LogP contribution in [0.3, 0.4) is 0 Å². The molecule has 0 aliphatic carbocycles. The van der Waals surface area contributed by atoms with E-state index >= 15 is 0 Å². The molecule has 0 radical (unpaired) electrons. The van der Waals surface area contributed by atoms with E-state index in [1.807, 2.05) is 6.07 Å². The molecule has 0 bridgehead atoms. The van der Waals surface area contributed by atoms with Gasteiger partial charge in [-0.15, -0.1) is 0 Å². The van der Waals surface area contributed by atoms with Crippen molar-refractivity contribution in [1.82, 2.24) is 5.32 Å². The number of sulfone groups is 1. The summed E-state index contributed by atoms with van der Waals surface area (Å²) >= 11 is 3.22. The van der Waals surface area contributed by atoms with Gasteiger partial charge in [0.1, 0.15) is 5.82 Å². The van der Waals surface area contributed by atoms with Crippen molar-refractivity contribution in [2.45, 2.75) is 19.0 Å². The number of rotatable bonds is 3. The summed E-state index contributed by atoms with van der Waals surface area (Å²) in [5, 5.41) is 3.14. The number of halogens is 2. The van der Waals surface area contributed by atoms with E-state index in [1.165, 1.54) is 12.1 Å². The lowest BCUT2D eigenvalue weighted by Crippen LogP contribution is -2.29. The Morgan fingerprint density at radius 1 is 1.41 bits per heavy atom. The molecular formula is C11H13BrFNO2S. The fraction of sp³-hybridized carbons (Fsp3) is 0.455. The summed E-state index contributed by atoms with van der Waals surface area (Å²) in [7, 11) is -2.86. The minimum absolute atomic E-state index is 0.0120. The van der Waals surface area contributed by atoms with E-state index in [1.54, 1.807) is 0 Å². The van der Waals surface area contributed by atoms with Gasteiger partial charge in [-0.3, -0.25) is 0 Å². The minimum Gasteiger partial charge on any atom is -0.309 e. The number of hydrogen-bond donors (Lipinski definition) is 1. The summed E-state index contributed by atoms with van der Waals surface area (Å²) in [5.41, 5.74) is 0.807. The molecule has 2 rings (SSSR count). The average Bonchev–Trinajstić information content (AvgIpc) is 2.54. The van der Waals surface area contributed by atoms with Crippen LogP contribution in [0.15, 0.2) is 22.7 Å². The van der Waals surface area contributed by atoms with Crippen LogP contribution < -0.4 is 5.32 Å². The van der Waals surface area contributed by atoms with Crippen molar-refractivity contribution in [2.75, 3.05) is 11.5 Å². The molecule has 17 heavy (non-hydrogen) atoms. The van der Waals surface area contributed by atoms with Gasteiger partial charge in [-0.05, 0) is 30.2 Å². The summed E-state index contributed by atoms with van der Waals surface area (Å²) in [6.07, 6.45) is 0.638. The highest BCUT2D eigenvalue weighted by Gasteiger charge is 2.27. The normalized spacial score (nSPS) is 22.8. The van der Waals surface area contributed by atoms with E-state index in [2.05, 4.69) is 21.2 Å². The molecule has 1 aliphatic heterocycles. The fourth-order valence-corrected chi connectivity index (χ4v) is 4.15. The molecule has 1 heterocycles. The van der Waals surface area contributed by atoms with Gasteiger partial charge in [0.25, 0.3) is 0 Å². The van der Waals surface area contributed by atoms with Crippen molar-refractivity contribution >= 4 is 25.8 Å². The Morgan fingerprint density at radius 3 is 2.76 bits per heavy atom. The molecule has 1 saturated heterocycles. The average molecular weight is 322 g/mol. The molecule has 1 aliphatic rings. The van der Waals surface area contributed by atoms with Gasteiger partial charge in [0.15, 0.2) is 9.84 Å². The highest BCUT2D eigenvalue weighted by Crippen LogP contribution is 2.16. The van der Waals surface area contributed by atoms with Crippen molar-refractivity contribution in [3.63, 3.8) is 0 Å². The SMILES string of the molecule is O=S1(=O)CCC(NCc2cc(F)cc(Br)c2)C1. The van der Waals surface area contributed by atoms with Crippen LogP contribution in [0.2, 0.25) is 0 Å². The smallest absolute Gasteiger partial charge is 0.151 e. The van der Waals surface area contributed by atoms with Crippen molar-refractivity contribution < 1.29 is 12.8 Å². The zero-order valence-corrected chi connectivity index (χ0v) is 11.5. The Hall–Kier alpha value is -0.460. The summed E-state index contributed by atoms with van der Waals surface area (Å²) in [4.78, 5) is 0. The first-order valence-electron chi connectivity index (χ1n) is 5.33. The molecule has 1 fully saturated rings. The van der Waals surface area contributed by atoms with Crippen molar-refractivity contribution in [3.8, 4) is 0 Å². The minimum atomic E-state index is -2.86. The second kappa shape index (κ2) is 5.04. The van der Waals surface area contributed by atoms with E-state index in [-0.39, 0.29) is 23.4 Å². The van der Waals surface area contributed by atoms with Gasteiger partial charge in [-0.2, -0.15) is 0 Å². The molecule has 0 amide bonds. The first-order chi connectivity index (χ1) is 7.94. The monoisotopic (exact) mass is 321 g/mol. The maximum absolute atomic E-state index is 13.1. The Balaban J connectivity index is 1.94. The predicted molar refractivity (Wildman–Crippen MR) is 68.0 cm³/mol. The van der Waals surface area contributed by atoms with Gasteiger partial charge < -0.3 is 5.32 Å². The molecule has 1 aromatic carbocycles. The maximum Gasteiger partial charge on any atom is 0.151 e. The molecule has 1 unspecified atom stereocenters. The quantitative estimate of drug-likeness (QED) is 0.924. The van der Waals surface area contributed by atoms with Gasteiger partial charge >= 0.3 is 0 Å². The van der Waals surface area contributed by atoms with E-state index < -0.39 is 9.84 Å². The van der Waals surface area contributed by atoms with Gasteiger partial charge in [0.2, 0.25) is 0 Å². The number of nitrogens with one attached hydrogen (secondary N) is 1. The number of benzene rings is 1. The van der Waals surface area contributed by atoms with Crippen LogP contribution >= 0.6 is 15.9 Å². The standard InChI is InChI=1S/C11H13BrFNO2S/c12-9-3-8(4-10(13)5-9)6-14-11-1-2-17(15,16)7-11/h3-5,11,14H,1-2,6-7H2. The van der Waals surface area contributed by atoms with Gasteiger partial charge in [0, 0.05) is 17.1 Å². The molecule has 6 heteroatoms. The van der Waals surface area contributed by atoms with Crippen LogP contribution in [0.5, 0.6) is 0 Å². The molecule has 1 N–H and O–H groups in total. The Bertz CT molecular complexity index is 498. The fourth-order valence-electron chi connectivity index (χ4n) is 1.93. The molecule has 1 aromatic rings. The Kier molecular flexibility index (Phi) is 3.85. The highest BCUT2D eigenvalue weighted by molar-refractivity contribution is 9.10. The second-order valence-electron chi connectivity index (χ2n) is 4.26. The zero-order valence-electron chi connectivity index (χ0n) is 9.12. The Morgan fingerprint density at radius 2 is 2.18 bits per heavy atom. The molecule has 0 aromatic heterocycles. The van der Waals surface area contributed by atoms with Crippen molar-refractivity contribution in [1.29, 1.82) is 0 Å². The van der Waals surface area contributed by atoms with Crippen molar-refractivity contribution in [3.05, 3.63) is 34.1 Å².